The predicted molar refractivity (Wildman–Crippen MR) is 61.0 cm³/mol. The molecule has 0 aliphatic heterocycles. The molecular weight excluding hydrogens is 202 g/mol. The number of hydrogen-bond donors (Lipinski definition) is 2. The molecule has 0 spiro atoms. The fourth-order valence-electron chi connectivity index (χ4n) is 0.917. The molecule has 0 heterocycles. The molecule has 0 unspecified atom stereocenters. The van der Waals surface area contributed by atoms with Crippen molar-refractivity contribution in [1.29, 1.82) is 10.5 Å². The molecule has 3 N–H and O–H groups in total. The quantitative estimate of drug-likeness (QED) is 0.447. The lowest BCUT2D eigenvalue weighted by Crippen LogP contribution is -2.00. The third-order valence-corrected chi connectivity index (χ3v) is 1.68. The Kier molecular flexibility index (Phi) is 4.12. The van der Waals surface area contributed by atoms with Crippen LogP contribution in [-0.4, -0.2) is 6.34 Å². The van der Waals surface area contributed by atoms with Crippen molar-refractivity contribution in [2.24, 2.45) is 10.7 Å². The van der Waals surface area contributed by atoms with Crippen LogP contribution >= 0.6 is 0 Å². The molecule has 78 valence electrons. The van der Waals surface area contributed by atoms with E-state index >= 15 is 0 Å². The van der Waals surface area contributed by atoms with Crippen molar-refractivity contribution in [3.63, 3.8) is 0 Å². The zero-order chi connectivity index (χ0) is 11.8. The van der Waals surface area contributed by atoms with Gasteiger partial charge in [-0.05, 0) is 12.1 Å². The van der Waals surface area contributed by atoms with Gasteiger partial charge in [-0.15, -0.1) is 0 Å². The van der Waals surface area contributed by atoms with Gasteiger partial charge in [0.15, 0.2) is 5.70 Å². The van der Waals surface area contributed by atoms with Crippen LogP contribution in [0.15, 0.2) is 46.7 Å². The summed E-state index contributed by atoms with van der Waals surface area (Å²) >= 11 is 0. The molecule has 1 aromatic carbocycles. The molecule has 0 amide bonds. The molecule has 0 aliphatic carbocycles. The highest BCUT2D eigenvalue weighted by Gasteiger charge is 1.97. The summed E-state index contributed by atoms with van der Waals surface area (Å²) in [6.07, 6.45) is 1.32. The van der Waals surface area contributed by atoms with Crippen LogP contribution in [0.3, 0.4) is 0 Å². The van der Waals surface area contributed by atoms with Crippen molar-refractivity contribution in [2.45, 2.75) is 0 Å². The van der Waals surface area contributed by atoms with Gasteiger partial charge >= 0.3 is 0 Å². The van der Waals surface area contributed by atoms with Gasteiger partial charge in [0, 0.05) is 5.69 Å². The van der Waals surface area contributed by atoms with Gasteiger partial charge in [-0.1, -0.05) is 18.2 Å². The number of rotatable bonds is 3. The molecule has 0 atom stereocenters. The Hall–Kier alpha value is -2.79. The van der Waals surface area contributed by atoms with E-state index in [1.165, 1.54) is 6.34 Å². The van der Waals surface area contributed by atoms with E-state index in [9.17, 15) is 0 Å². The normalized spacial score (nSPS) is 11.4. The maximum Gasteiger partial charge on any atom is 0.175 e. The second-order valence-electron chi connectivity index (χ2n) is 2.75. The van der Waals surface area contributed by atoms with Crippen LogP contribution in [0.2, 0.25) is 0 Å². The van der Waals surface area contributed by atoms with Crippen LogP contribution < -0.4 is 11.1 Å². The van der Waals surface area contributed by atoms with Gasteiger partial charge in [-0.25, -0.2) is 4.99 Å². The highest BCUT2D eigenvalue weighted by molar-refractivity contribution is 5.76. The Bertz CT molecular complexity index is 487. The molecule has 5 nitrogen and oxygen atoms in total. The molecule has 1 aromatic rings. The first-order chi connectivity index (χ1) is 7.77. The third-order valence-electron chi connectivity index (χ3n) is 1.68. The van der Waals surface area contributed by atoms with Crippen molar-refractivity contribution in [3.05, 3.63) is 41.7 Å². The lowest BCUT2D eigenvalue weighted by molar-refractivity contribution is 1.27. The molecule has 0 aromatic heterocycles. The van der Waals surface area contributed by atoms with E-state index in [2.05, 4.69) is 10.3 Å². The van der Waals surface area contributed by atoms with Gasteiger partial charge in [-0.3, -0.25) is 0 Å². The first-order valence-electron chi connectivity index (χ1n) is 4.42. The Labute approximate surface area is 93.1 Å². The van der Waals surface area contributed by atoms with Crippen molar-refractivity contribution in [1.82, 2.24) is 0 Å². The standard InChI is InChI=1S/C11H9N5/c12-6-10(14)11(7-13)16-8-15-9-4-2-1-3-5-9/h1-5,8H,14H2,(H,15,16)/b11-10-. The van der Waals surface area contributed by atoms with Crippen LogP contribution in [0.25, 0.3) is 0 Å². The number of nitrogens with zero attached hydrogens (tertiary/aromatic N) is 3. The number of nitriles is 2. The maximum absolute atomic E-state index is 8.64. The van der Waals surface area contributed by atoms with Crippen LogP contribution in [0, 0.1) is 22.7 Å². The number of para-hydroxylation sites is 1. The van der Waals surface area contributed by atoms with E-state index in [1.807, 2.05) is 30.3 Å². The smallest absolute Gasteiger partial charge is 0.175 e. The predicted octanol–water partition coefficient (Wildman–Crippen LogP) is 1.34. The van der Waals surface area contributed by atoms with Crippen molar-refractivity contribution < 1.29 is 0 Å². The zero-order valence-electron chi connectivity index (χ0n) is 8.38. The molecular formula is C11H9N5. The minimum absolute atomic E-state index is 0.106. The van der Waals surface area contributed by atoms with E-state index in [4.69, 9.17) is 16.3 Å². The molecule has 0 fully saturated rings. The summed E-state index contributed by atoms with van der Waals surface area (Å²) < 4.78 is 0. The van der Waals surface area contributed by atoms with E-state index in [0.29, 0.717) is 0 Å². The maximum atomic E-state index is 8.64. The molecule has 0 saturated carbocycles. The number of allylic oxidation sites excluding steroid dienone is 2. The monoisotopic (exact) mass is 211 g/mol. The Morgan fingerprint density at radius 3 is 2.50 bits per heavy atom. The number of anilines is 1. The largest absolute Gasteiger partial charge is 0.388 e. The van der Waals surface area contributed by atoms with E-state index in [-0.39, 0.29) is 11.4 Å². The van der Waals surface area contributed by atoms with Crippen LogP contribution in [0.1, 0.15) is 0 Å². The summed E-state index contributed by atoms with van der Waals surface area (Å²) in [5.41, 5.74) is 5.79. The van der Waals surface area contributed by atoms with Crippen LogP contribution in [0.4, 0.5) is 5.69 Å². The summed E-state index contributed by atoms with van der Waals surface area (Å²) in [4.78, 5) is 3.74. The third kappa shape index (κ3) is 3.17. The summed E-state index contributed by atoms with van der Waals surface area (Å²) in [5, 5.41) is 20.0. The van der Waals surface area contributed by atoms with Crippen molar-refractivity contribution >= 4 is 12.0 Å². The number of nitrogens with two attached hydrogens (primary N) is 1. The summed E-state index contributed by atoms with van der Waals surface area (Å²) in [6.45, 7) is 0. The van der Waals surface area contributed by atoms with Gasteiger partial charge in [0.05, 0.1) is 6.34 Å². The molecule has 0 bridgehead atoms. The minimum atomic E-state index is -0.200. The molecule has 5 heteroatoms. The van der Waals surface area contributed by atoms with E-state index in [0.717, 1.165) is 5.69 Å². The summed E-state index contributed by atoms with van der Waals surface area (Å²) in [6, 6.07) is 12.7. The summed E-state index contributed by atoms with van der Waals surface area (Å²) in [5.74, 6) is 0. The molecule has 1 rings (SSSR count). The average molecular weight is 211 g/mol. The number of nitrogens with one attached hydrogen (secondary N) is 1. The average Bonchev–Trinajstić information content (AvgIpc) is 2.35. The first kappa shape index (κ1) is 11.3. The number of aliphatic imine (C=N–C) groups is 1. The highest BCUT2D eigenvalue weighted by atomic mass is 14.9. The fourth-order valence-corrected chi connectivity index (χ4v) is 0.917. The van der Waals surface area contributed by atoms with Gasteiger partial charge in [0.2, 0.25) is 0 Å². The van der Waals surface area contributed by atoms with E-state index < -0.39 is 0 Å². The zero-order valence-corrected chi connectivity index (χ0v) is 8.38. The van der Waals surface area contributed by atoms with Gasteiger partial charge in [-0.2, -0.15) is 10.5 Å². The fraction of sp³-hybridized carbons (Fsp3) is 0. The second kappa shape index (κ2) is 5.84. The minimum Gasteiger partial charge on any atom is -0.388 e. The van der Waals surface area contributed by atoms with E-state index in [1.54, 1.807) is 12.1 Å². The van der Waals surface area contributed by atoms with Gasteiger partial charge < -0.3 is 11.1 Å². The van der Waals surface area contributed by atoms with Gasteiger partial charge in [0.1, 0.15) is 17.8 Å². The number of benzene rings is 1. The lowest BCUT2D eigenvalue weighted by Gasteiger charge is -1.97. The topological polar surface area (TPSA) is 98.0 Å². The first-order valence-corrected chi connectivity index (χ1v) is 4.42. The summed E-state index contributed by atoms with van der Waals surface area (Å²) in [7, 11) is 0. The molecule has 0 saturated heterocycles. The van der Waals surface area contributed by atoms with Crippen LogP contribution in [-0.2, 0) is 0 Å². The van der Waals surface area contributed by atoms with Gasteiger partial charge in [0.25, 0.3) is 0 Å². The Balaban J connectivity index is 2.70. The molecule has 0 aliphatic rings. The highest BCUT2D eigenvalue weighted by Crippen LogP contribution is 2.03. The van der Waals surface area contributed by atoms with Crippen LogP contribution in [0.5, 0.6) is 0 Å². The van der Waals surface area contributed by atoms with Crippen molar-refractivity contribution in [3.8, 4) is 12.1 Å². The molecule has 0 radical (unpaired) electrons. The SMILES string of the molecule is N#C/C(N)=C(\C#N)N=CNc1ccccc1. The van der Waals surface area contributed by atoms with Crippen molar-refractivity contribution in [2.75, 3.05) is 5.32 Å². The Morgan fingerprint density at radius 1 is 1.25 bits per heavy atom. The lowest BCUT2D eigenvalue weighted by atomic mass is 10.3. The Morgan fingerprint density at radius 2 is 1.94 bits per heavy atom. The molecule has 16 heavy (non-hydrogen) atoms. The number of hydrogen-bond acceptors (Lipinski definition) is 4. The second-order valence-corrected chi connectivity index (χ2v) is 2.75.